The van der Waals surface area contributed by atoms with Crippen molar-refractivity contribution in [3.05, 3.63) is 21.9 Å². The number of hydrogen-bond donors (Lipinski definition) is 0. The summed E-state index contributed by atoms with van der Waals surface area (Å²) in [5.41, 5.74) is 1.03. The molecule has 0 aliphatic rings. The van der Waals surface area contributed by atoms with Crippen LogP contribution in [0.1, 0.15) is 42.9 Å². The Morgan fingerprint density at radius 1 is 1.37 bits per heavy atom. The van der Waals surface area contributed by atoms with Gasteiger partial charge in [0.25, 0.3) is 5.91 Å². The summed E-state index contributed by atoms with van der Waals surface area (Å²) < 4.78 is 4.92. The van der Waals surface area contributed by atoms with Gasteiger partial charge in [0, 0.05) is 6.04 Å². The van der Waals surface area contributed by atoms with E-state index in [0.717, 1.165) is 16.9 Å². The molecule has 0 aromatic carbocycles. The van der Waals surface area contributed by atoms with Crippen LogP contribution in [0.3, 0.4) is 0 Å². The van der Waals surface area contributed by atoms with Crippen molar-refractivity contribution >= 4 is 23.2 Å². The summed E-state index contributed by atoms with van der Waals surface area (Å²) >= 11 is 1.43. The van der Waals surface area contributed by atoms with Gasteiger partial charge in [0.1, 0.15) is 6.54 Å². The van der Waals surface area contributed by atoms with E-state index in [-0.39, 0.29) is 24.5 Å². The Morgan fingerprint density at radius 3 is 2.58 bits per heavy atom. The van der Waals surface area contributed by atoms with Crippen LogP contribution < -0.4 is 0 Å². The van der Waals surface area contributed by atoms with Crippen molar-refractivity contribution in [2.45, 2.75) is 40.2 Å². The Kier molecular flexibility index (Phi) is 6.02. The second kappa shape index (κ2) is 7.28. The molecule has 0 radical (unpaired) electrons. The molecule has 1 aromatic rings. The number of nitrogens with zero attached hydrogens (tertiary/aromatic N) is 1. The van der Waals surface area contributed by atoms with Crippen molar-refractivity contribution in [1.29, 1.82) is 0 Å². The average Bonchev–Trinajstić information content (AvgIpc) is 2.83. The van der Waals surface area contributed by atoms with E-state index in [4.69, 9.17) is 4.74 Å². The molecule has 19 heavy (non-hydrogen) atoms. The molecule has 0 atom stereocenters. The molecule has 1 heterocycles. The summed E-state index contributed by atoms with van der Waals surface area (Å²) in [5, 5.41) is 1.91. The quantitative estimate of drug-likeness (QED) is 0.754. The highest BCUT2D eigenvalue weighted by atomic mass is 32.1. The number of rotatable bonds is 6. The summed E-state index contributed by atoms with van der Waals surface area (Å²) in [6.45, 7) is 7.91. The molecule has 0 fully saturated rings. The van der Waals surface area contributed by atoms with Gasteiger partial charge in [0.2, 0.25) is 0 Å². The maximum atomic E-state index is 12.5. The molecule has 0 aliphatic heterocycles. The number of carbonyl (C=O) groups excluding carboxylic acids is 2. The summed E-state index contributed by atoms with van der Waals surface area (Å²) in [5.74, 6) is -0.450. The van der Waals surface area contributed by atoms with E-state index in [1.165, 1.54) is 11.3 Å². The van der Waals surface area contributed by atoms with Crippen LogP contribution in [0.15, 0.2) is 11.4 Å². The van der Waals surface area contributed by atoms with Crippen LogP contribution in [0.2, 0.25) is 0 Å². The zero-order valence-corrected chi connectivity index (χ0v) is 12.8. The van der Waals surface area contributed by atoms with Gasteiger partial charge in [-0.2, -0.15) is 0 Å². The monoisotopic (exact) mass is 283 g/mol. The fourth-order valence-corrected chi connectivity index (χ4v) is 2.72. The average molecular weight is 283 g/mol. The minimum Gasteiger partial charge on any atom is -0.465 e. The number of esters is 1. The second-order valence-corrected chi connectivity index (χ2v) is 5.38. The fraction of sp³-hybridized carbons (Fsp3) is 0.571. The minimum atomic E-state index is -0.362. The molecule has 0 aliphatic carbocycles. The summed E-state index contributed by atoms with van der Waals surface area (Å²) in [6.07, 6.45) is 0.815. The van der Waals surface area contributed by atoms with Crippen molar-refractivity contribution in [3.8, 4) is 0 Å². The van der Waals surface area contributed by atoms with E-state index in [9.17, 15) is 9.59 Å². The Morgan fingerprint density at radius 2 is 2.05 bits per heavy atom. The predicted molar refractivity (Wildman–Crippen MR) is 76.5 cm³/mol. The third-order valence-electron chi connectivity index (χ3n) is 2.81. The number of aryl methyl sites for hydroxylation is 1. The molecule has 106 valence electrons. The lowest BCUT2D eigenvalue weighted by molar-refractivity contribution is -0.144. The zero-order valence-electron chi connectivity index (χ0n) is 11.9. The van der Waals surface area contributed by atoms with Gasteiger partial charge in [0.05, 0.1) is 11.5 Å². The highest BCUT2D eigenvalue weighted by Gasteiger charge is 2.24. The van der Waals surface area contributed by atoms with Crippen LogP contribution in [0.5, 0.6) is 0 Å². The Labute approximate surface area is 118 Å². The van der Waals surface area contributed by atoms with E-state index in [1.807, 2.05) is 32.2 Å². The number of carbonyl (C=O) groups is 2. The second-order valence-electron chi connectivity index (χ2n) is 4.46. The van der Waals surface area contributed by atoms with Crippen molar-refractivity contribution in [2.24, 2.45) is 0 Å². The van der Waals surface area contributed by atoms with Gasteiger partial charge in [0.15, 0.2) is 0 Å². The maximum absolute atomic E-state index is 12.5. The van der Waals surface area contributed by atoms with E-state index >= 15 is 0 Å². The summed E-state index contributed by atoms with van der Waals surface area (Å²) in [7, 11) is 0. The molecular formula is C14H21NO3S. The molecule has 0 saturated carbocycles. The highest BCUT2D eigenvalue weighted by Crippen LogP contribution is 2.20. The first kappa shape index (κ1) is 15.7. The molecular weight excluding hydrogens is 262 g/mol. The van der Waals surface area contributed by atoms with Gasteiger partial charge in [-0.05, 0) is 44.2 Å². The van der Waals surface area contributed by atoms with Gasteiger partial charge in [-0.3, -0.25) is 9.59 Å². The number of thiophene rings is 1. The van der Waals surface area contributed by atoms with Crippen molar-refractivity contribution in [3.63, 3.8) is 0 Å². The molecule has 0 saturated heterocycles. The van der Waals surface area contributed by atoms with E-state index in [1.54, 1.807) is 11.8 Å². The molecule has 0 N–H and O–H groups in total. The third-order valence-corrected chi connectivity index (χ3v) is 3.76. The van der Waals surface area contributed by atoms with Crippen LogP contribution in [0, 0.1) is 0 Å². The lowest BCUT2D eigenvalue weighted by Crippen LogP contribution is -2.41. The number of amides is 1. The normalized spacial score (nSPS) is 10.6. The predicted octanol–water partition coefficient (Wildman–Crippen LogP) is 2.72. The molecule has 0 unspecified atom stereocenters. The van der Waals surface area contributed by atoms with Crippen LogP contribution in [-0.2, 0) is 16.0 Å². The van der Waals surface area contributed by atoms with Crippen molar-refractivity contribution in [2.75, 3.05) is 13.2 Å². The Bertz CT molecular complexity index is 440. The van der Waals surface area contributed by atoms with Crippen LogP contribution in [0.25, 0.3) is 0 Å². The summed E-state index contributed by atoms with van der Waals surface area (Å²) in [6, 6.07) is 1.92. The lowest BCUT2D eigenvalue weighted by Gasteiger charge is -2.25. The van der Waals surface area contributed by atoms with Gasteiger partial charge < -0.3 is 9.64 Å². The lowest BCUT2D eigenvalue weighted by atomic mass is 10.2. The Hall–Kier alpha value is -1.36. The first-order valence-electron chi connectivity index (χ1n) is 6.54. The largest absolute Gasteiger partial charge is 0.465 e. The first-order valence-corrected chi connectivity index (χ1v) is 7.42. The van der Waals surface area contributed by atoms with Crippen LogP contribution in [-0.4, -0.2) is 36.0 Å². The maximum Gasteiger partial charge on any atom is 0.325 e. The molecule has 1 amide bonds. The van der Waals surface area contributed by atoms with E-state index < -0.39 is 0 Å². The standard InChI is InChI=1S/C14H21NO3S/c1-5-11-7-8-19-13(11)14(17)15(10(3)4)9-12(16)18-6-2/h7-8,10H,5-6,9H2,1-4H3. The fourth-order valence-electron chi connectivity index (χ4n) is 1.77. The molecule has 1 rings (SSSR count). The summed E-state index contributed by atoms with van der Waals surface area (Å²) in [4.78, 5) is 26.4. The molecule has 4 nitrogen and oxygen atoms in total. The van der Waals surface area contributed by atoms with Crippen molar-refractivity contribution in [1.82, 2.24) is 4.90 Å². The SMILES string of the molecule is CCOC(=O)CN(C(=O)c1sccc1CC)C(C)C. The smallest absolute Gasteiger partial charge is 0.325 e. The number of hydrogen-bond acceptors (Lipinski definition) is 4. The Balaban J connectivity index is 2.87. The van der Waals surface area contributed by atoms with Gasteiger partial charge in [-0.25, -0.2) is 0 Å². The van der Waals surface area contributed by atoms with E-state index in [2.05, 4.69) is 0 Å². The molecule has 1 aromatic heterocycles. The van der Waals surface area contributed by atoms with Crippen molar-refractivity contribution < 1.29 is 14.3 Å². The molecule has 0 spiro atoms. The molecule has 5 heteroatoms. The third kappa shape index (κ3) is 4.06. The zero-order chi connectivity index (χ0) is 14.4. The highest BCUT2D eigenvalue weighted by molar-refractivity contribution is 7.12. The van der Waals surface area contributed by atoms with E-state index in [0.29, 0.717) is 6.61 Å². The minimum absolute atomic E-state index is 0.00535. The van der Waals surface area contributed by atoms with Crippen LogP contribution >= 0.6 is 11.3 Å². The topological polar surface area (TPSA) is 46.6 Å². The number of ether oxygens (including phenoxy) is 1. The van der Waals surface area contributed by atoms with Gasteiger partial charge in [-0.1, -0.05) is 6.92 Å². The van der Waals surface area contributed by atoms with Gasteiger partial charge in [-0.15, -0.1) is 11.3 Å². The van der Waals surface area contributed by atoms with Crippen LogP contribution in [0.4, 0.5) is 0 Å². The van der Waals surface area contributed by atoms with Gasteiger partial charge >= 0.3 is 5.97 Å². The first-order chi connectivity index (χ1) is 9.01. The molecule has 0 bridgehead atoms.